The number of hydrogen-bond donors (Lipinski definition) is 1. The number of aromatic nitrogens is 1. The highest BCUT2D eigenvalue weighted by molar-refractivity contribution is 5.79. The molecule has 0 unspecified atom stereocenters. The lowest BCUT2D eigenvalue weighted by Crippen LogP contribution is -2.00. The van der Waals surface area contributed by atoms with Crippen LogP contribution >= 0.6 is 0 Å². The molecule has 110 valence electrons. The average Bonchev–Trinajstić information content (AvgIpc) is 2.49. The molecule has 3 aromatic rings. The Morgan fingerprint density at radius 1 is 1.18 bits per heavy atom. The second-order valence-corrected chi connectivity index (χ2v) is 4.50. The van der Waals surface area contributed by atoms with E-state index in [0.717, 1.165) is 12.1 Å². The number of nitro groups is 1. The molecule has 0 spiro atoms. The molecule has 0 atom stereocenters. The standard InChI is InChI=1S/C15H9FN2O4/c16-11-2-1-3-13(18(20)21)15(11)22-9-4-5-10-12(8-9)17-7-6-14(10)19/h1-8H,(H,17,19). The van der Waals surface area contributed by atoms with Crippen molar-refractivity contribution < 1.29 is 14.1 Å². The maximum Gasteiger partial charge on any atom is 0.314 e. The van der Waals surface area contributed by atoms with Gasteiger partial charge in [0, 0.05) is 29.8 Å². The molecule has 0 saturated heterocycles. The molecule has 0 radical (unpaired) electrons. The molecule has 6 nitrogen and oxygen atoms in total. The summed E-state index contributed by atoms with van der Waals surface area (Å²) < 4.78 is 19.1. The number of H-pyrrole nitrogens is 1. The molecular formula is C15H9FN2O4. The Morgan fingerprint density at radius 3 is 2.77 bits per heavy atom. The summed E-state index contributed by atoms with van der Waals surface area (Å²) in [6, 6.07) is 9.28. The van der Waals surface area contributed by atoms with Gasteiger partial charge in [-0.3, -0.25) is 14.9 Å². The Hall–Kier alpha value is -3.22. The summed E-state index contributed by atoms with van der Waals surface area (Å²) in [4.78, 5) is 24.7. The molecular weight excluding hydrogens is 291 g/mol. The lowest BCUT2D eigenvalue weighted by atomic mass is 10.2. The van der Waals surface area contributed by atoms with Crippen LogP contribution in [-0.4, -0.2) is 9.91 Å². The second-order valence-electron chi connectivity index (χ2n) is 4.50. The number of ether oxygens (including phenoxy) is 1. The van der Waals surface area contributed by atoms with Crippen LogP contribution in [0, 0.1) is 15.9 Å². The number of nitrogens with one attached hydrogen (secondary N) is 1. The summed E-state index contributed by atoms with van der Waals surface area (Å²) in [6.45, 7) is 0. The van der Waals surface area contributed by atoms with E-state index in [1.165, 1.54) is 36.5 Å². The lowest BCUT2D eigenvalue weighted by molar-refractivity contribution is -0.385. The van der Waals surface area contributed by atoms with Crippen LogP contribution in [0.15, 0.2) is 53.5 Å². The summed E-state index contributed by atoms with van der Waals surface area (Å²) in [5.41, 5.74) is -0.150. The fourth-order valence-corrected chi connectivity index (χ4v) is 2.08. The summed E-state index contributed by atoms with van der Waals surface area (Å²) in [5, 5.41) is 11.4. The number of nitrogens with zero attached hydrogens (tertiary/aromatic N) is 1. The van der Waals surface area contributed by atoms with E-state index in [1.807, 2.05) is 0 Å². The summed E-state index contributed by atoms with van der Waals surface area (Å²) in [5.74, 6) is -1.12. The first-order valence-corrected chi connectivity index (χ1v) is 6.28. The Balaban J connectivity index is 2.08. The number of halogens is 1. The van der Waals surface area contributed by atoms with Crippen molar-refractivity contribution in [2.45, 2.75) is 0 Å². The molecule has 1 heterocycles. The molecule has 7 heteroatoms. The van der Waals surface area contributed by atoms with E-state index in [0.29, 0.717) is 10.9 Å². The third-order valence-electron chi connectivity index (χ3n) is 3.09. The van der Waals surface area contributed by atoms with Gasteiger partial charge in [0.15, 0.2) is 11.2 Å². The van der Waals surface area contributed by atoms with Gasteiger partial charge in [0.1, 0.15) is 5.75 Å². The highest BCUT2D eigenvalue weighted by Crippen LogP contribution is 2.34. The third-order valence-corrected chi connectivity index (χ3v) is 3.09. The van der Waals surface area contributed by atoms with E-state index in [-0.39, 0.29) is 11.2 Å². The van der Waals surface area contributed by atoms with E-state index in [2.05, 4.69) is 4.98 Å². The number of nitro benzene ring substituents is 1. The molecule has 0 aliphatic rings. The fourth-order valence-electron chi connectivity index (χ4n) is 2.08. The summed E-state index contributed by atoms with van der Waals surface area (Å²) in [7, 11) is 0. The SMILES string of the molecule is O=c1cc[nH]c2cc(Oc3c(F)cccc3[N+](=O)[O-])ccc12. The Morgan fingerprint density at radius 2 is 2.00 bits per heavy atom. The molecule has 0 amide bonds. The van der Waals surface area contributed by atoms with Crippen LogP contribution in [0.1, 0.15) is 0 Å². The Labute approximate surface area is 122 Å². The van der Waals surface area contributed by atoms with Gasteiger partial charge in [-0.25, -0.2) is 4.39 Å². The van der Waals surface area contributed by atoms with Gasteiger partial charge in [0.2, 0.25) is 5.75 Å². The van der Waals surface area contributed by atoms with Crippen LogP contribution in [-0.2, 0) is 0 Å². The van der Waals surface area contributed by atoms with Gasteiger partial charge in [-0.1, -0.05) is 6.07 Å². The highest BCUT2D eigenvalue weighted by atomic mass is 19.1. The van der Waals surface area contributed by atoms with E-state index in [9.17, 15) is 19.3 Å². The smallest absolute Gasteiger partial charge is 0.314 e. The van der Waals surface area contributed by atoms with Crippen LogP contribution < -0.4 is 10.2 Å². The van der Waals surface area contributed by atoms with Crippen molar-refractivity contribution >= 4 is 16.6 Å². The Bertz CT molecular complexity index is 936. The maximum absolute atomic E-state index is 13.8. The van der Waals surface area contributed by atoms with Crippen LogP contribution in [0.5, 0.6) is 11.5 Å². The van der Waals surface area contributed by atoms with Gasteiger partial charge in [0.05, 0.1) is 10.4 Å². The molecule has 1 N–H and O–H groups in total. The molecule has 0 bridgehead atoms. The molecule has 2 aromatic carbocycles. The molecule has 0 fully saturated rings. The van der Waals surface area contributed by atoms with E-state index in [4.69, 9.17) is 4.74 Å². The summed E-state index contributed by atoms with van der Waals surface area (Å²) in [6.07, 6.45) is 1.47. The largest absolute Gasteiger partial charge is 0.447 e. The van der Waals surface area contributed by atoms with Crippen LogP contribution in [0.2, 0.25) is 0 Å². The van der Waals surface area contributed by atoms with Crippen molar-refractivity contribution in [2.75, 3.05) is 0 Å². The van der Waals surface area contributed by atoms with Gasteiger partial charge in [-0.2, -0.15) is 0 Å². The van der Waals surface area contributed by atoms with Gasteiger partial charge in [0.25, 0.3) is 0 Å². The van der Waals surface area contributed by atoms with E-state index < -0.39 is 22.2 Å². The van der Waals surface area contributed by atoms with E-state index >= 15 is 0 Å². The number of rotatable bonds is 3. The molecule has 0 aliphatic carbocycles. The van der Waals surface area contributed by atoms with E-state index in [1.54, 1.807) is 0 Å². The number of fused-ring (bicyclic) bond motifs is 1. The Kier molecular flexibility index (Phi) is 3.30. The maximum atomic E-state index is 13.8. The van der Waals surface area contributed by atoms with Crippen molar-refractivity contribution in [3.05, 3.63) is 74.8 Å². The molecule has 3 rings (SSSR count). The number of pyridine rings is 1. The topological polar surface area (TPSA) is 85.2 Å². The molecule has 0 aliphatic heterocycles. The van der Waals surface area contributed by atoms with Crippen molar-refractivity contribution in [2.24, 2.45) is 0 Å². The normalized spacial score (nSPS) is 10.6. The molecule has 0 saturated carbocycles. The van der Waals surface area contributed by atoms with Crippen LogP contribution in [0.25, 0.3) is 10.9 Å². The predicted molar refractivity (Wildman–Crippen MR) is 77.7 cm³/mol. The first-order chi connectivity index (χ1) is 10.6. The third kappa shape index (κ3) is 2.39. The molecule has 22 heavy (non-hydrogen) atoms. The zero-order valence-electron chi connectivity index (χ0n) is 11.1. The van der Waals surface area contributed by atoms with Gasteiger partial charge in [-0.05, 0) is 18.2 Å². The quantitative estimate of drug-likeness (QED) is 0.593. The van der Waals surface area contributed by atoms with Crippen molar-refractivity contribution in [1.29, 1.82) is 0 Å². The summed E-state index contributed by atoms with van der Waals surface area (Å²) >= 11 is 0. The zero-order chi connectivity index (χ0) is 15.7. The fraction of sp³-hybridized carbons (Fsp3) is 0. The van der Waals surface area contributed by atoms with Crippen LogP contribution in [0.3, 0.4) is 0 Å². The lowest BCUT2D eigenvalue weighted by Gasteiger charge is -2.08. The number of para-hydroxylation sites is 1. The highest BCUT2D eigenvalue weighted by Gasteiger charge is 2.20. The molecule has 1 aromatic heterocycles. The van der Waals surface area contributed by atoms with Crippen LogP contribution in [0.4, 0.5) is 10.1 Å². The van der Waals surface area contributed by atoms with Crippen molar-refractivity contribution in [1.82, 2.24) is 4.98 Å². The average molecular weight is 300 g/mol. The van der Waals surface area contributed by atoms with Gasteiger partial charge in [-0.15, -0.1) is 0 Å². The minimum absolute atomic E-state index is 0.169. The first-order valence-electron chi connectivity index (χ1n) is 6.28. The minimum atomic E-state index is -0.837. The predicted octanol–water partition coefficient (Wildman–Crippen LogP) is 3.37. The second kappa shape index (κ2) is 5.28. The van der Waals surface area contributed by atoms with Crippen molar-refractivity contribution in [3.8, 4) is 11.5 Å². The van der Waals surface area contributed by atoms with Gasteiger partial charge >= 0.3 is 5.69 Å². The van der Waals surface area contributed by atoms with Crippen molar-refractivity contribution in [3.63, 3.8) is 0 Å². The number of benzene rings is 2. The minimum Gasteiger partial charge on any atom is -0.447 e. The zero-order valence-corrected chi connectivity index (χ0v) is 11.1. The number of aromatic amines is 1. The number of hydrogen-bond acceptors (Lipinski definition) is 4. The first kappa shape index (κ1) is 13.7. The monoisotopic (exact) mass is 300 g/mol. The van der Waals surface area contributed by atoms with Gasteiger partial charge < -0.3 is 9.72 Å².